The van der Waals surface area contributed by atoms with E-state index in [-0.39, 0.29) is 23.2 Å². The maximum Gasteiger partial charge on any atom is 0.271 e. The minimum absolute atomic E-state index is 0.167. The largest absolute Gasteiger partial charge is 0.381 e. The Labute approximate surface area is 176 Å². The van der Waals surface area contributed by atoms with E-state index in [0.29, 0.717) is 22.6 Å². The summed E-state index contributed by atoms with van der Waals surface area (Å²) < 4.78 is 17.2. The molecule has 3 aromatic heterocycles. The van der Waals surface area contributed by atoms with Crippen molar-refractivity contribution >= 4 is 28.4 Å². The number of amides is 1. The van der Waals surface area contributed by atoms with Crippen LogP contribution in [0.15, 0.2) is 55.0 Å². The summed E-state index contributed by atoms with van der Waals surface area (Å²) in [7, 11) is 3.45. The Morgan fingerprint density at radius 3 is 2.58 bits per heavy atom. The maximum atomic E-state index is 13.6. The predicted molar refractivity (Wildman–Crippen MR) is 116 cm³/mol. The summed E-state index contributed by atoms with van der Waals surface area (Å²) in [5, 5.41) is 2.57. The zero-order valence-corrected chi connectivity index (χ0v) is 16.8. The monoisotopic (exact) mass is 415 g/mol. The fraction of sp³-hybridized carbons (Fsp3) is 0.0909. The molecule has 5 rings (SSSR count). The second kappa shape index (κ2) is 6.91. The van der Waals surface area contributed by atoms with Gasteiger partial charge < -0.3 is 15.6 Å². The van der Waals surface area contributed by atoms with Crippen LogP contribution in [0.25, 0.3) is 39.2 Å². The number of benzene rings is 2. The first-order valence-electron chi connectivity index (χ1n) is 9.54. The molecule has 0 radical (unpaired) electrons. The summed E-state index contributed by atoms with van der Waals surface area (Å²) in [6, 6.07) is 11.9. The van der Waals surface area contributed by atoms with Crippen molar-refractivity contribution in [2.24, 2.45) is 7.05 Å². The van der Waals surface area contributed by atoms with Crippen molar-refractivity contribution in [3.05, 3.63) is 66.5 Å². The SMILES string of the molecule is CNC(=O)c1cn2c(-c3ccc4ncn(C)c4c3)c(-c3ccc(F)cc3)nc(N)c2n1. The van der Waals surface area contributed by atoms with Crippen LogP contribution in [-0.4, -0.2) is 36.9 Å². The number of fused-ring (bicyclic) bond motifs is 2. The summed E-state index contributed by atoms with van der Waals surface area (Å²) in [6.07, 6.45) is 3.37. The number of imidazole rings is 2. The molecule has 0 spiro atoms. The summed E-state index contributed by atoms with van der Waals surface area (Å²) in [4.78, 5) is 25.5. The number of anilines is 1. The highest BCUT2D eigenvalue weighted by Gasteiger charge is 2.21. The fourth-order valence-electron chi connectivity index (χ4n) is 3.66. The summed E-state index contributed by atoms with van der Waals surface area (Å²) in [5.41, 5.74) is 11.3. The molecule has 0 atom stereocenters. The van der Waals surface area contributed by atoms with E-state index in [4.69, 9.17) is 5.73 Å². The average Bonchev–Trinajstić information content (AvgIpc) is 3.38. The van der Waals surface area contributed by atoms with Crippen LogP contribution in [-0.2, 0) is 7.05 Å². The zero-order valence-electron chi connectivity index (χ0n) is 16.8. The lowest BCUT2D eigenvalue weighted by Gasteiger charge is -2.14. The number of hydrogen-bond donors (Lipinski definition) is 2. The molecule has 5 aromatic rings. The van der Waals surface area contributed by atoms with Crippen molar-refractivity contribution in [3.63, 3.8) is 0 Å². The first-order valence-corrected chi connectivity index (χ1v) is 9.54. The van der Waals surface area contributed by atoms with Crippen LogP contribution in [0, 0.1) is 5.82 Å². The molecule has 0 fully saturated rings. The first kappa shape index (κ1) is 18.7. The molecular formula is C22H18FN7O. The van der Waals surface area contributed by atoms with Gasteiger partial charge in [-0.1, -0.05) is 6.07 Å². The minimum Gasteiger partial charge on any atom is -0.381 e. The quantitative estimate of drug-likeness (QED) is 0.471. The van der Waals surface area contributed by atoms with Gasteiger partial charge in [0.25, 0.3) is 5.91 Å². The molecule has 31 heavy (non-hydrogen) atoms. The zero-order chi connectivity index (χ0) is 21.7. The van der Waals surface area contributed by atoms with E-state index in [1.807, 2.05) is 29.8 Å². The number of carbonyl (C=O) groups is 1. The normalized spacial score (nSPS) is 11.3. The Kier molecular flexibility index (Phi) is 4.18. The molecule has 9 heteroatoms. The van der Waals surface area contributed by atoms with Gasteiger partial charge in [0.15, 0.2) is 11.5 Å². The van der Waals surface area contributed by atoms with Crippen LogP contribution >= 0.6 is 0 Å². The molecule has 0 aliphatic carbocycles. The number of hydrogen-bond acceptors (Lipinski definition) is 5. The number of carbonyl (C=O) groups excluding carboxylic acids is 1. The topological polar surface area (TPSA) is 103 Å². The lowest BCUT2D eigenvalue weighted by Crippen LogP contribution is -2.17. The van der Waals surface area contributed by atoms with Crippen molar-refractivity contribution in [1.29, 1.82) is 0 Å². The number of nitrogen functional groups attached to an aromatic ring is 1. The van der Waals surface area contributed by atoms with Gasteiger partial charge in [-0.15, -0.1) is 0 Å². The van der Waals surface area contributed by atoms with E-state index in [0.717, 1.165) is 16.6 Å². The van der Waals surface area contributed by atoms with Gasteiger partial charge in [0.2, 0.25) is 0 Å². The van der Waals surface area contributed by atoms with Crippen LogP contribution < -0.4 is 11.1 Å². The Morgan fingerprint density at radius 2 is 1.84 bits per heavy atom. The molecule has 0 bridgehead atoms. The standard InChI is InChI=1S/C22H18FN7O/c1-25-22(31)16-10-30-19(13-5-8-15-17(9-13)29(2)11-26-15)18(28-20(24)21(30)27-16)12-3-6-14(23)7-4-12/h3-11H,1-2H3,(H2,24,28)(H,25,31). The molecular weight excluding hydrogens is 397 g/mol. The first-order chi connectivity index (χ1) is 15.0. The fourth-order valence-corrected chi connectivity index (χ4v) is 3.66. The third-order valence-corrected chi connectivity index (χ3v) is 5.21. The van der Waals surface area contributed by atoms with Gasteiger partial charge in [-0.05, 0) is 36.4 Å². The van der Waals surface area contributed by atoms with Crippen molar-refractivity contribution in [2.45, 2.75) is 0 Å². The van der Waals surface area contributed by atoms with Crippen LogP contribution in [0.4, 0.5) is 10.2 Å². The average molecular weight is 415 g/mol. The molecule has 0 aliphatic heterocycles. The van der Waals surface area contributed by atoms with Gasteiger partial charge in [0.05, 0.1) is 28.7 Å². The van der Waals surface area contributed by atoms with E-state index in [1.54, 1.807) is 29.1 Å². The molecule has 0 unspecified atom stereocenters. The lowest BCUT2D eigenvalue weighted by molar-refractivity contribution is 0.0959. The highest BCUT2D eigenvalue weighted by molar-refractivity contribution is 5.94. The van der Waals surface area contributed by atoms with E-state index in [2.05, 4.69) is 20.3 Å². The van der Waals surface area contributed by atoms with Gasteiger partial charge >= 0.3 is 0 Å². The van der Waals surface area contributed by atoms with Crippen LogP contribution in [0.1, 0.15) is 10.5 Å². The molecule has 8 nitrogen and oxygen atoms in total. The van der Waals surface area contributed by atoms with E-state index >= 15 is 0 Å². The highest BCUT2D eigenvalue weighted by atomic mass is 19.1. The number of aromatic nitrogens is 5. The number of halogens is 1. The Balaban J connectivity index is 1.87. The molecule has 3 heterocycles. The Morgan fingerprint density at radius 1 is 1.10 bits per heavy atom. The van der Waals surface area contributed by atoms with Crippen molar-refractivity contribution in [2.75, 3.05) is 12.8 Å². The van der Waals surface area contributed by atoms with Gasteiger partial charge in [-0.25, -0.2) is 19.3 Å². The van der Waals surface area contributed by atoms with Crippen molar-refractivity contribution < 1.29 is 9.18 Å². The smallest absolute Gasteiger partial charge is 0.271 e. The van der Waals surface area contributed by atoms with E-state index < -0.39 is 0 Å². The molecule has 1 amide bonds. The van der Waals surface area contributed by atoms with Crippen LogP contribution in [0.2, 0.25) is 0 Å². The predicted octanol–water partition coefficient (Wildman–Crippen LogP) is 3.03. The maximum absolute atomic E-state index is 13.6. The van der Waals surface area contributed by atoms with E-state index in [1.165, 1.54) is 19.2 Å². The Bertz CT molecular complexity index is 1470. The van der Waals surface area contributed by atoms with Crippen molar-refractivity contribution in [1.82, 2.24) is 29.2 Å². The van der Waals surface area contributed by atoms with Gasteiger partial charge in [0.1, 0.15) is 11.5 Å². The van der Waals surface area contributed by atoms with Crippen LogP contribution in [0.3, 0.4) is 0 Å². The lowest BCUT2D eigenvalue weighted by atomic mass is 10.0. The number of rotatable bonds is 3. The van der Waals surface area contributed by atoms with E-state index in [9.17, 15) is 9.18 Å². The number of nitrogens with one attached hydrogen (secondary N) is 1. The molecule has 0 aliphatic rings. The third-order valence-electron chi connectivity index (χ3n) is 5.21. The molecule has 154 valence electrons. The van der Waals surface area contributed by atoms with Crippen molar-refractivity contribution in [3.8, 4) is 22.5 Å². The molecule has 3 N–H and O–H groups in total. The molecule has 0 saturated carbocycles. The Hall–Kier alpha value is -4.27. The van der Waals surface area contributed by atoms with Crippen LogP contribution in [0.5, 0.6) is 0 Å². The highest BCUT2D eigenvalue weighted by Crippen LogP contribution is 2.34. The summed E-state index contributed by atoms with van der Waals surface area (Å²) >= 11 is 0. The number of nitrogens with two attached hydrogens (primary N) is 1. The molecule has 0 saturated heterocycles. The number of aryl methyl sites for hydroxylation is 1. The second-order valence-corrected chi connectivity index (χ2v) is 7.16. The second-order valence-electron chi connectivity index (χ2n) is 7.16. The summed E-state index contributed by atoms with van der Waals surface area (Å²) in [5.74, 6) is -0.514. The molecule has 2 aromatic carbocycles. The number of nitrogens with zero attached hydrogens (tertiary/aromatic N) is 5. The third kappa shape index (κ3) is 2.98. The summed E-state index contributed by atoms with van der Waals surface area (Å²) in [6.45, 7) is 0. The minimum atomic E-state index is -0.347. The van der Waals surface area contributed by atoms with Gasteiger partial charge in [-0.3, -0.25) is 9.20 Å². The van der Waals surface area contributed by atoms with Gasteiger partial charge in [0, 0.05) is 31.4 Å². The van der Waals surface area contributed by atoms with Gasteiger partial charge in [-0.2, -0.15) is 0 Å².